The summed E-state index contributed by atoms with van der Waals surface area (Å²) >= 11 is 3.01. The maximum absolute atomic E-state index is 13.0. The fourth-order valence-electron chi connectivity index (χ4n) is 2.52. The molecule has 2 heterocycles. The van der Waals surface area contributed by atoms with Gasteiger partial charge in [0.2, 0.25) is 0 Å². The Morgan fingerprint density at radius 3 is 2.46 bits per heavy atom. The Hall–Kier alpha value is -2.88. The number of halogens is 4. The molecule has 0 aliphatic rings. The van der Waals surface area contributed by atoms with Gasteiger partial charge in [-0.3, -0.25) is 24.7 Å². The van der Waals surface area contributed by atoms with E-state index in [2.05, 4.69) is 41.2 Å². The lowest BCUT2D eigenvalue weighted by molar-refractivity contribution is -0.137. The van der Waals surface area contributed by atoms with Gasteiger partial charge in [0.1, 0.15) is 11.4 Å². The van der Waals surface area contributed by atoms with Crippen molar-refractivity contribution in [3.63, 3.8) is 0 Å². The van der Waals surface area contributed by atoms with Crippen LogP contribution < -0.4 is 5.32 Å². The van der Waals surface area contributed by atoms with Gasteiger partial charge in [-0.1, -0.05) is 15.9 Å². The second-order valence-electron chi connectivity index (χ2n) is 5.80. The summed E-state index contributed by atoms with van der Waals surface area (Å²) in [6.45, 7) is 1.66. The molecule has 0 aliphatic carbocycles. The number of carbonyl (C=O) groups is 1. The second kappa shape index (κ2) is 8.01. The van der Waals surface area contributed by atoms with Gasteiger partial charge in [-0.05, 0) is 25.1 Å². The number of carbonyl (C=O) groups excluding carboxylic acids is 1. The summed E-state index contributed by atoms with van der Waals surface area (Å²) in [5.74, 6) is -0.671. The summed E-state index contributed by atoms with van der Waals surface area (Å²) < 4.78 is 39.1. The lowest BCUT2D eigenvalue weighted by Gasteiger charge is -2.16. The third-order valence-corrected chi connectivity index (χ3v) is 4.24. The molecule has 0 bridgehead atoms. The first kappa shape index (κ1) is 19.9. The molecule has 3 aromatic rings. The van der Waals surface area contributed by atoms with Gasteiger partial charge in [0.15, 0.2) is 0 Å². The van der Waals surface area contributed by atoms with Gasteiger partial charge < -0.3 is 5.32 Å². The maximum atomic E-state index is 13.0. The zero-order valence-electron chi connectivity index (χ0n) is 14.4. The quantitative estimate of drug-likeness (QED) is 0.642. The lowest BCUT2D eigenvalue weighted by atomic mass is 10.1. The van der Waals surface area contributed by atoms with Crippen molar-refractivity contribution in [3.05, 3.63) is 70.5 Å². The number of nitrogens with zero attached hydrogens (tertiary/aromatic N) is 4. The Labute approximate surface area is 166 Å². The fraction of sp³-hybridized carbons (Fsp3) is 0.167. The maximum Gasteiger partial charge on any atom is 0.416 e. The Bertz CT molecular complexity index is 998. The molecule has 6 nitrogen and oxygen atoms in total. The minimum atomic E-state index is -4.56. The van der Waals surface area contributed by atoms with Gasteiger partial charge in [-0.2, -0.15) is 13.2 Å². The largest absolute Gasteiger partial charge is 0.416 e. The highest BCUT2D eigenvalue weighted by Crippen LogP contribution is 2.32. The summed E-state index contributed by atoms with van der Waals surface area (Å²) in [6.07, 6.45) is 2.89. The van der Waals surface area contributed by atoms with Crippen LogP contribution >= 0.6 is 15.9 Å². The van der Waals surface area contributed by atoms with Gasteiger partial charge in [0.25, 0.3) is 5.91 Å². The molecule has 28 heavy (non-hydrogen) atoms. The third kappa shape index (κ3) is 4.50. The van der Waals surface area contributed by atoms with Crippen LogP contribution in [0.1, 0.15) is 34.6 Å². The number of aromatic nitrogens is 4. The van der Waals surface area contributed by atoms with Crippen molar-refractivity contribution in [1.29, 1.82) is 0 Å². The Morgan fingerprint density at radius 2 is 1.79 bits per heavy atom. The number of rotatable bonds is 4. The average Bonchev–Trinajstić information content (AvgIpc) is 2.67. The number of benzene rings is 1. The van der Waals surface area contributed by atoms with E-state index in [4.69, 9.17) is 0 Å². The van der Waals surface area contributed by atoms with Crippen LogP contribution in [0.5, 0.6) is 0 Å². The van der Waals surface area contributed by atoms with Crippen LogP contribution in [0.2, 0.25) is 0 Å². The summed E-state index contributed by atoms with van der Waals surface area (Å²) in [4.78, 5) is 29.2. The molecular weight excluding hydrogens is 439 g/mol. The van der Waals surface area contributed by atoms with Crippen LogP contribution in [0, 0.1) is 0 Å². The van der Waals surface area contributed by atoms with Crippen molar-refractivity contribution < 1.29 is 18.0 Å². The molecule has 0 saturated carbocycles. The van der Waals surface area contributed by atoms with Gasteiger partial charge in [0, 0.05) is 34.8 Å². The highest BCUT2D eigenvalue weighted by molar-refractivity contribution is 9.10. The molecule has 1 atom stereocenters. The van der Waals surface area contributed by atoms with Crippen LogP contribution in [0.3, 0.4) is 0 Å². The first-order chi connectivity index (χ1) is 13.3. The number of hydrogen-bond donors (Lipinski definition) is 1. The van der Waals surface area contributed by atoms with Gasteiger partial charge in [-0.15, -0.1) is 0 Å². The normalized spacial score (nSPS) is 12.5. The molecule has 2 aromatic heterocycles. The van der Waals surface area contributed by atoms with E-state index in [1.54, 1.807) is 6.92 Å². The van der Waals surface area contributed by atoms with E-state index in [0.29, 0.717) is 17.1 Å². The molecule has 0 saturated heterocycles. The van der Waals surface area contributed by atoms with Crippen molar-refractivity contribution in [2.24, 2.45) is 0 Å². The van der Waals surface area contributed by atoms with Crippen LogP contribution in [-0.4, -0.2) is 25.8 Å². The lowest BCUT2D eigenvalue weighted by Crippen LogP contribution is -2.28. The van der Waals surface area contributed by atoms with Crippen LogP contribution in [0.15, 0.2) is 53.7 Å². The standard InChI is InChI=1S/C18H13BrF3N5O/c1-10(15-16(26-5-4-25-15)14-9-23-2-3-24-14)27-17(28)11-6-12(18(20,21)22)8-13(19)7-11/h2-10H,1H3,(H,27,28). The molecule has 1 unspecified atom stereocenters. The van der Waals surface area contributed by atoms with Gasteiger partial charge in [-0.25, -0.2) is 0 Å². The molecule has 1 N–H and O–H groups in total. The third-order valence-electron chi connectivity index (χ3n) is 3.78. The van der Waals surface area contributed by atoms with Crippen LogP contribution in [-0.2, 0) is 6.18 Å². The first-order valence-electron chi connectivity index (χ1n) is 8.01. The Balaban J connectivity index is 1.88. The van der Waals surface area contributed by atoms with E-state index < -0.39 is 23.7 Å². The summed E-state index contributed by atoms with van der Waals surface area (Å²) in [6, 6.07) is 2.39. The number of alkyl halides is 3. The van der Waals surface area contributed by atoms with Crippen molar-refractivity contribution in [3.8, 4) is 11.4 Å². The van der Waals surface area contributed by atoms with Gasteiger partial charge >= 0.3 is 6.18 Å². The van der Waals surface area contributed by atoms with Gasteiger partial charge in [0.05, 0.1) is 23.5 Å². The second-order valence-corrected chi connectivity index (χ2v) is 6.72. The SMILES string of the molecule is CC(NC(=O)c1cc(Br)cc(C(F)(F)F)c1)c1nccnc1-c1cnccn1. The summed E-state index contributed by atoms with van der Waals surface area (Å²) in [5.41, 5.74) is 0.266. The monoisotopic (exact) mass is 451 g/mol. The van der Waals surface area contributed by atoms with Crippen molar-refractivity contribution >= 4 is 21.8 Å². The van der Waals surface area contributed by atoms with Crippen LogP contribution in [0.25, 0.3) is 11.4 Å². The Kier molecular flexibility index (Phi) is 5.68. The predicted octanol–water partition coefficient (Wildman–Crippen LogP) is 4.21. The smallest absolute Gasteiger partial charge is 0.344 e. The molecule has 1 aromatic carbocycles. The highest BCUT2D eigenvalue weighted by Gasteiger charge is 2.32. The molecule has 0 fully saturated rings. The highest BCUT2D eigenvalue weighted by atomic mass is 79.9. The zero-order valence-corrected chi connectivity index (χ0v) is 16.0. The molecule has 0 spiro atoms. The minimum Gasteiger partial charge on any atom is -0.344 e. The number of nitrogens with one attached hydrogen (secondary N) is 1. The van der Waals surface area contributed by atoms with E-state index >= 15 is 0 Å². The summed E-state index contributed by atoms with van der Waals surface area (Å²) in [7, 11) is 0. The van der Waals surface area contributed by atoms with Crippen LogP contribution in [0.4, 0.5) is 13.2 Å². The minimum absolute atomic E-state index is 0.126. The van der Waals surface area contributed by atoms with Crippen molar-refractivity contribution in [2.45, 2.75) is 19.1 Å². The molecule has 1 amide bonds. The van der Waals surface area contributed by atoms with Crippen molar-refractivity contribution in [2.75, 3.05) is 0 Å². The summed E-state index contributed by atoms with van der Waals surface area (Å²) in [5, 5.41) is 2.65. The molecule has 0 radical (unpaired) electrons. The number of hydrogen-bond acceptors (Lipinski definition) is 5. The molecular formula is C18H13BrF3N5O. The molecule has 144 valence electrons. The molecule has 0 aliphatic heterocycles. The van der Waals surface area contributed by atoms with E-state index in [0.717, 1.165) is 12.1 Å². The fourth-order valence-corrected chi connectivity index (χ4v) is 3.01. The van der Waals surface area contributed by atoms with Crippen molar-refractivity contribution in [1.82, 2.24) is 25.3 Å². The predicted molar refractivity (Wildman–Crippen MR) is 98.1 cm³/mol. The zero-order chi connectivity index (χ0) is 20.3. The van der Waals surface area contributed by atoms with E-state index in [-0.39, 0.29) is 10.0 Å². The molecule has 3 rings (SSSR count). The topological polar surface area (TPSA) is 80.7 Å². The first-order valence-corrected chi connectivity index (χ1v) is 8.81. The molecule has 10 heteroatoms. The van der Waals surface area contributed by atoms with E-state index in [1.807, 2.05) is 0 Å². The average molecular weight is 452 g/mol. The van der Waals surface area contributed by atoms with E-state index in [1.165, 1.54) is 37.1 Å². The Morgan fingerprint density at radius 1 is 1.07 bits per heavy atom. The van der Waals surface area contributed by atoms with E-state index in [9.17, 15) is 18.0 Å². The number of amides is 1.